The quantitative estimate of drug-likeness (QED) is 0.465. The van der Waals surface area contributed by atoms with E-state index in [1.54, 1.807) is 0 Å². The van der Waals surface area contributed by atoms with Gasteiger partial charge in [-0.15, -0.1) is 24.0 Å². The van der Waals surface area contributed by atoms with Crippen LogP contribution in [-0.2, 0) is 6.54 Å². The molecular weight excluding hydrogens is 393 g/mol. The largest absolute Gasteiger partial charge is 0.454 e. The Morgan fingerprint density at radius 3 is 2.77 bits per heavy atom. The standard InChI is InChI=1S/C16H23N3O2.HI/c1-3-17-16(18-13-5-4-6-13)19(2)10-12-7-8-14-15(9-12)21-11-20-14;/h7-9,13H,3-6,10-11H2,1-2H3,(H,17,18);1H. The van der Waals surface area contributed by atoms with Gasteiger partial charge < -0.3 is 19.7 Å². The lowest BCUT2D eigenvalue weighted by atomic mass is 9.93. The third-order valence-electron chi connectivity index (χ3n) is 3.96. The van der Waals surface area contributed by atoms with Crippen LogP contribution in [0.1, 0.15) is 31.7 Å². The summed E-state index contributed by atoms with van der Waals surface area (Å²) in [6.07, 6.45) is 3.82. The van der Waals surface area contributed by atoms with Gasteiger partial charge in [-0.25, -0.2) is 0 Å². The number of nitrogens with one attached hydrogen (secondary N) is 1. The summed E-state index contributed by atoms with van der Waals surface area (Å²) in [7, 11) is 2.07. The van der Waals surface area contributed by atoms with Crippen molar-refractivity contribution in [2.45, 2.75) is 38.8 Å². The second-order valence-corrected chi connectivity index (χ2v) is 5.61. The molecule has 0 aromatic heterocycles. The molecule has 2 aliphatic rings. The summed E-state index contributed by atoms with van der Waals surface area (Å²) < 4.78 is 10.8. The monoisotopic (exact) mass is 417 g/mol. The number of nitrogens with zero attached hydrogens (tertiary/aromatic N) is 2. The fraction of sp³-hybridized carbons (Fsp3) is 0.562. The van der Waals surface area contributed by atoms with Crippen molar-refractivity contribution >= 4 is 29.9 Å². The zero-order chi connectivity index (χ0) is 14.7. The van der Waals surface area contributed by atoms with Crippen molar-refractivity contribution in [3.8, 4) is 11.5 Å². The number of ether oxygens (including phenoxy) is 2. The van der Waals surface area contributed by atoms with Crippen LogP contribution < -0.4 is 14.8 Å². The van der Waals surface area contributed by atoms with E-state index in [1.807, 2.05) is 12.1 Å². The lowest BCUT2D eigenvalue weighted by Crippen LogP contribution is -2.46. The smallest absolute Gasteiger partial charge is 0.231 e. The predicted molar refractivity (Wildman–Crippen MR) is 98.2 cm³/mol. The van der Waals surface area contributed by atoms with Gasteiger partial charge in [0, 0.05) is 26.2 Å². The van der Waals surface area contributed by atoms with Gasteiger partial charge in [-0.2, -0.15) is 0 Å². The van der Waals surface area contributed by atoms with Crippen LogP contribution in [0.5, 0.6) is 11.5 Å². The molecule has 0 radical (unpaired) electrons. The second-order valence-electron chi connectivity index (χ2n) is 5.61. The predicted octanol–water partition coefficient (Wildman–Crippen LogP) is 2.98. The number of aliphatic imine (C=N–C) groups is 1. The molecule has 5 nitrogen and oxygen atoms in total. The molecule has 22 heavy (non-hydrogen) atoms. The van der Waals surface area contributed by atoms with Gasteiger partial charge in [-0.05, 0) is 43.9 Å². The summed E-state index contributed by atoms with van der Waals surface area (Å²) in [4.78, 5) is 6.76. The van der Waals surface area contributed by atoms with Crippen LogP contribution in [0.25, 0.3) is 0 Å². The minimum Gasteiger partial charge on any atom is -0.454 e. The Labute approximate surface area is 149 Å². The molecule has 0 spiro atoms. The number of fused-ring (bicyclic) bond motifs is 1. The fourth-order valence-corrected chi connectivity index (χ4v) is 2.55. The van der Waals surface area contributed by atoms with E-state index in [1.165, 1.54) is 24.8 Å². The molecule has 3 rings (SSSR count). The van der Waals surface area contributed by atoms with Crippen molar-refractivity contribution < 1.29 is 9.47 Å². The summed E-state index contributed by atoms with van der Waals surface area (Å²) in [5.74, 6) is 2.65. The van der Waals surface area contributed by atoms with Gasteiger partial charge >= 0.3 is 0 Å². The van der Waals surface area contributed by atoms with E-state index in [0.717, 1.165) is 30.5 Å². The van der Waals surface area contributed by atoms with Crippen molar-refractivity contribution in [3.63, 3.8) is 0 Å². The summed E-state index contributed by atoms with van der Waals surface area (Å²) in [5, 5.41) is 3.55. The lowest BCUT2D eigenvalue weighted by Gasteiger charge is -2.31. The Balaban J connectivity index is 0.00000176. The highest BCUT2D eigenvalue weighted by Crippen LogP contribution is 2.32. The first-order valence-electron chi connectivity index (χ1n) is 7.67. The maximum atomic E-state index is 5.43. The number of halogens is 1. The molecule has 1 N–H and O–H groups in total. The molecule has 1 aromatic carbocycles. The highest BCUT2D eigenvalue weighted by molar-refractivity contribution is 14.0. The van der Waals surface area contributed by atoms with Crippen molar-refractivity contribution in [1.82, 2.24) is 10.2 Å². The van der Waals surface area contributed by atoms with Crippen molar-refractivity contribution in [2.75, 3.05) is 20.4 Å². The first-order chi connectivity index (χ1) is 10.3. The third-order valence-corrected chi connectivity index (χ3v) is 3.96. The highest BCUT2D eigenvalue weighted by Gasteiger charge is 2.20. The van der Waals surface area contributed by atoms with E-state index in [9.17, 15) is 0 Å². The molecule has 0 atom stereocenters. The topological polar surface area (TPSA) is 46.1 Å². The first-order valence-corrected chi connectivity index (χ1v) is 7.67. The van der Waals surface area contributed by atoms with Crippen LogP contribution in [0, 0.1) is 0 Å². The van der Waals surface area contributed by atoms with Gasteiger partial charge in [0.05, 0.1) is 0 Å². The molecule has 0 bridgehead atoms. The van der Waals surface area contributed by atoms with Gasteiger partial charge in [-0.1, -0.05) is 6.07 Å². The maximum Gasteiger partial charge on any atom is 0.231 e. The third kappa shape index (κ3) is 3.97. The Bertz CT molecular complexity index is 532. The molecule has 1 aliphatic heterocycles. The van der Waals surface area contributed by atoms with Crippen LogP contribution in [0.4, 0.5) is 0 Å². The molecule has 1 saturated carbocycles. The van der Waals surface area contributed by atoms with E-state index in [0.29, 0.717) is 12.8 Å². The molecule has 0 saturated heterocycles. The minimum absolute atomic E-state index is 0. The Morgan fingerprint density at radius 1 is 1.32 bits per heavy atom. The van der Waals surface area contributed by atoms with Crippen LogP contribution in [0.3, 0.4) is 0 Å². The van der Waals surface area contributed by atoms with Crippen molar-refractivity contribution in [1.29, 1.82) is 0 Å². The van der Waals surface area contributed by atoms with Crippen molar-refractivity contribution in [2.24, 2.45) is 4.99 Å². The van der Waals surface area contributed by atoms with E-state index in [-0.39, 0.29) is 24.0 Å². The summed E-state index contributed by atoms with van der Waals surface area (Å²) in [6, 6.07) is 6.69. The van der Waals surface area contributed by atoms with Crippen LogP contribution >= 0.6 is 24.0 Å². The maximum absolute atomic E-state index is 5.43. The molecule has 122 valence electrons. The Hall–Kier alpha value is -1.18. The van der Waals surface area contributed by atoms with Crippen LogP contribution in [0.15, 0.2) is 23.2 Å². The van der Waals surface area contributed by atoms with Crippen molar-refractivity contribution in [3.05, 3.63) is 23.8 Å². The zero-order valence-electron chi connectivity index (χ0n) is 13.2. The SMILES string of the molecule is CCN=C(NC1CCC1)N(C)Cc1ccc2c(c1)OCO2.I. The fourth-order valence-electron chi connectivity index (χ4n) is 2.55. The average molecular weight is 417 g/mol. The first kappa shape index (κ1) is 17.2. The molecule has 1 aromatic rings. The van der Waals surface area contributed by atoms with E-state index in [2.05, 4.69) is 35.2 Å². The Morgan fingerprint density at radius 2 is 2.09 bits per heavy atom. The molecule has 1 fully saturated rings. The highest BCUT2D eigenvalue weighted by atomic mass is 127. The van der Waals surface area contributed by atoms with Gasteiger partial charge in [0.15, 0.2) is 17.5 Å². The van der Waals surface area contributed by atoms with Gasteiger partial charge in [0.25, 0.3) is 0 Å². The Kier molecular flexibility index (Phi) is 6.16. The molecule has 0 unspecified atom stereocenters. The number of hydrogen-bond donors (Lipinski definition) is 1. The zero-order valence-corrected chi connectivity index (χ0v) is 15.5. The summed E-state index contributed by atoms with van der Waals surface area (Å²) in [6.45, 7) is 3.98. The number of hydrogen-bond acceptors (Lipinski definition) is 3. The summed E-state index contributed by atoms with van der Waals surface area (Å²) >= 11 is 0. The molecular formula is C16H24IN3O2. The van der Waals surface area contributed by atoms with Crippen LogP contribution in [0.2, 0.25) is 0 Å². The molecule has 0 amide bonds. The average Bonchev–Trinajstić information content (AvgIpc) is 2.88. The second kappa shape index (κ2) is 7.89. The van der Waals surface area contributed by atoms with E-state index >= 15 is 0 Å². The normalized spacial score (nSPS) is 16.7. The molecule has 1 heterocycles. The molecule has 1 aliphatic carbocycles. The van der Waals surface area contributed by atoms with Gasteiger partial charge in [0.2, 0.25) is 6.79 Å². The van der Waals surface area contributed by atoms with Gasteiger partial charge in [0.1, 0.15) is 0 Å². The summed E-state index contributed by atoms with van der Waals surface area (Å²) in [5.41, 5.74) is 1.20. The van der Waals surface area contributed by atoms with Crippen LogP contribution in [-0.4, -0.2) is 37.3 Å². The molecule has 6 heteroatoms. The van der Waals surface area contributed by atoms with E-state index < -0.39 is 0 Å². The minimum atomic E-state index is 0. The number of rotatable bonds is 4. The van der Waals surface area contributed by atoms with Gasteiger partial charge in [-0.3, -0.25) is 4.99 Å². The number of guanidine groups is 1. The lowest BCUT2D eigenvalue weighted by molar-refractivity contribution is 0.174. The van der Waals surface area contributed by atoms with E-state index in [4.69, 9.17) is 9.47 Å². The number of benzene rings is 1.